The van der Waals surface area contributed by atoms with Crippen molar-refractivity contribution in [2.45, 2.75) is 45.4 Å². The maximum Gasteiger partial charge on any atom is 0.307 e. The summed E-state index contributed by atoms with van der Waals surface area (Å²) in [7, 11) is 0. The molecule has 0 rings (SSSR count). The second kappa shape index (κ2) is 13.9. The van der Waals surface area contributed by atoms with E-state index in [2.05, 4.69) is 0 Å². The smallest absolute Gasteiger partial charge is 0.307 e. The van der Waals surface area contributed by atoms with Crippen molar-refractivity contribution in [3.8, 4) is 0 Å². The van der Waals surface area contributed by atoms with Crippen molar-refractivity contribution >= 4 is 35.8 Å². The van der Waals surface area contributed by atoms with Crippen LogP contribution in [0, 0.1) is 17.8 Å². The van der Waals surface area contributed by atoms with Crippen molar-refractivity contribution < 1.29 is 59.4 Å². The fraction of sp³-hybridized carbons (Fsp3) is 0.625. The summed E-state index contributed by atoms with van der Waals surface area (Å²) in [5.74, 6) is -9.81. The molecule has 28 heavy (non-hydrogen) atoms. The predicted molar refractivity (Wildman–Crippen MR) is 89.7 cm³/mol. The molecule has 0 bridgehead atoms. The van der Waals surface area contributed by atoms with E-state index in [-0.39, 0.29) is 25.7 Å². The standard InChI is InChI=1S/C9H14O6.C7H10O6/c1-5(8(12)13)2-3-6(9(14)15)4-7(10)11;8-5(9)2-1-4(7(12)13)3-6(10)11/h5-6H,2-4H2,1H3,(H,10,11)(H,12,13)(H,14,15);4H,1-3H2,(H,8,9)(H,10,11)(H,12,13). The first-order chi connectivity index (χ1) is 12.8. The average Bonchev–Trinajstić information content (AvgIpc) is 2.54. The number of carboxylic acid groups (broad SMARTS) is 6. The Labute approximate surface area is 159 Å². The van der Waals surface area contributed by atoms with Crippen LogP contribution in [0.4, 0.5) is 0 Å². The van der Waals surface area contributed by atoms with Gasteiger partial charge in [0, 0.05) is 6.42 Å². The van der Waals surface area contributed by atoms with E-state index in [1.807, 2.05) is 0 Å². The molecule has 3 unspecified atom stereocenters. The van der Waals surface area contributed by atoms with Gasteiger partial charge in [0.05, 0.1) is 30.6 Å². The fourth-order valence-corrected chi connectivity index (χ4v) is 1.92. The molecule has 12 nitrogen and oxygen atoms in total. The molecule has 12 heteroatoms. The lowest BCUT2D eigenvalue weighted by molar-refractivity contribution is -0.149. The monoisotopic (exact) mass is 408 g/mol. The summed E-state index contributed by atoms with van der Waals surface area (Å²) in [5.41, 5.74) is 0. The van der Waals surface area contributed by atoms with Crippen molar-refractivity contribution in [2.24, 2.45) is 17.8 Å². The van der Waals surface area contributed by atoms with Crippen molar-refractivity contribution in [1.29, 1.82) is 0 Å². The first-order valence-electron chi connectivity index (χ1n) is 8.11. The highest BCUT2D eigenvalue weighted by molar-refractivity contribution is 5.78. The molecule has 0 aromatic carbocycles. The normalized spacial score (nSPS) is 13.2. The quantitative estimate of drug-likeness (QED) is 0.247. The first kappa shape index (κ1) is 27.0. The van der Waals surface area contributed by atoms with Crippen LogP contribution < -0.4 is 0 Å². The molecule has 6 N–H and O–H groups in total. The molecule has 0 spiro atoms. The van der Waals surface area contributed by atoms with Gasteiger partial charge >= 0.3 is 35.8 Å². The van der Waals surface area contributed by atoms with Gasteiger partial charge in [0.2, 0.25) is 0 Å². The third kappa shape index (κ3) is 15.1. The van der Waals surface area contributed by atoms with E-state index in [9.17, 15) is 28.8 Å². The Bertz CT molecular complexity index is 582. The summed E-state index contributed by atoms with van der Waals surface area (Å²) in [5, 5.41) is 50.6. The van der Waals surface area contributed by atoms with Gasteiger partial charge in [0.1, 0.15) is 0 Å². The summed E-state index contributed by atoms with van der Waals surface area (Å²) in [6.45, 7) is 1.46. The maximum atomic E-state index is 10.6. The molecule has 0 aliphatic heterocycles. The van der Waals surface area contributed by atoms with Crippen molar-refractivity contribution in [3.05, 3.63) is 0 Å². The van der Waals surface area contributed by atoms with Crippen LogP contribution in [0.3, 0.4) is 0 Å². The zero-order valence-corrected chi connectivity index (χ0v) is 15.1. The Kier molecular flexibility index (Phi) is 13.5. The largest absolute Gasteiger partial charge is 0.481 e. The Morgan fingerprint density at radius 3 is 1.25 bits per heavy atom. The second-order valence-corrected chi connectivity index (χ2v) is 6.02. The fourth-order valence-electron chi connectivity index (χ4n) is 1.92. The summed E-state index contributed by atoms with van der Waals surface area (Å²) in [6, 6.07) is 0. The van der Waals surface area contributed by atoms with E-state index in [1.54, 1.807) is 0 Å². The lowest BCUT2D eigenvalue weighted by atomic mass is 9.94. The molecule has 160 valence electrons. The summed E-state index contributed by atoms with van der Waals surface area (Å²) in [4.78, 5) is 62.0. The minimum absolute atomic E-state index is 0.0646. The maximum absolute atomic E-state index is 10.6. The number of aliphatic carboxylic acids is 6. The molecular weight excluding hydrogens is 384 g/mol. The van der Waals surface area contributed by atoms with Crippen molar-refractivity contribution in [3.63, 3.8) is 0 Å². The Morgan fingerprint density at radius 2 is 0.964 bits per heavy atom. The molecule has 0 aromatic rings. The summed E-state index contributed by atoms with van der Waals surface area (Å²) in [6.07, 6.45) is -1.26. The molecule has 0 amide bonds. The van der Waals surface area contributed by atoms with Gasteiger partial charge in [-0.3, -0.25) is 28.8 Å². The van der Waals surface area contributed by atoms with Gasteiger partial charge in [-0.25, -0.2) is 0 Å². The molecule has 0 aliphatic rings. The first-order valence-corrected chi connectivity index (χ1v) is 8.11. The van der Waals surface area contributed by atoms with Crippen LogP contribution in [0.2, 0.25) is 0 Å². The minimum atomic E-state index is -1.27. The zero-order chi connectivity index (χ0) is 22.4. The molecule has 0 heterocycles. The van der Waals surface area contributed by atoms with E-state index < -0.39 is 66.4 Å². The van der Waals surface area contributed by atoms with Crippen LogP contribution in [-0.2, 0) is 28.8 Å². The van der Waals surface area contributed by atoms with Gasteiger partial charge in [-0.05, 0) is 19.3 Å². The number of rotatable bonds is 13. The third-order valence-corrected chi connectivity index (χ3v) is 3.62. The van der Waals surface area contributed by atoms with E-state index >= 15 is 0 Å². The highest BCUT2D eigenvalue weighted by Crippen LogP contribution is 2.16. The van der Waals surface area contributed by atoms with Gasteiger partial charge in [0.15, 0.2) is 0 Å². The minimum Gasteiger partial charge on any atom is -0.481 e. The van der Waals surface area contributed by atoms with Gasteiger partial charge in [0.25, 0.3) is 0 Å². The lowest BCUT2D eigenvalue weighted by Gasteiger charge is -2.11. The van der Waals surface area contributed by atoms with Gasteiger partial charge in [-0.1, -0.05) is 6.92 Å². The Hall–Kier alpha value is -3.18. The van der Waals surface area contributed by atoms with E-state index in [1.165, 1.54) is 6.92 Å². The molecular formula is C16H24O12. The number of carbonyl (C=O) groups is 6. The van der Waals surface area contributed by atoms with Gasteiger partial charge in [-0.2, -0.15) is 0 Å². The zero-order valence-electron chi connectivity index (χ0n) is 15.1. The van der Waals surface area contributed by atoms with E-state index in [4.69, 9.17) is 30.6 Å². The predicted octanol–water partition coefficient (Wildman–Crippen LogP) is 0.690. The second-order valence-electron chi connectivity index (χ2n) is 6.02. The molecule has 0 aliphatic carbocycles. The summed E-state index contributed by atoms with van der Waals surface area (Å²) >= 11 is 0. The molecule has 0 saturated heterocycles. The van der Waals surface area contributed by atoms with Crippen LogP contribution >= 0.6 is 0 Å². The SMILES string of the molecule is CC(CCC(CC(=O)O)C(=O)O)C(=O)O.O=C(O)CCC(CC(=O)O)C(=O)O. The number of hydrogen-bond donors (Lipinski definition) is 6. The molecule has 0 radical (unpaired) electrons. The number of hydrogen-bond acceptors (Lipinski definition) is 6. The molecule has 0 saturated carbocycles. The molecule has 0 fully saturated rings. The average molecular weight is 408 g/mol. The van der Waals surface area contributed by atoms with E-state index in [0.29, 0.717) is 0 Å². The van der Waals surface area contributed by atoms with Crippen LogP contribution in [-0.4, -0.2) is 66.5 Å². The third-order valence-electron chi connectivity index (χ3n) is 3.62. The van der Waals surface area contributed by atoms with Crippen LogP contribution in [0.15, 0.2) is 0 Å². The van der Waals surface area contributed by atoms with E-state index in [0.717, 1.165) is 0 Å². The van der Waals surface area contributed by atoms with Gasteiger partial charge in [-0.15, -0.1) is 0 Å². The van der Waals surface area contributed by atoms with Crippen LogP contribution in [0.5, 0.6) is 0 Å². The lowest BCUT2D eigenvalue weighted by Crippen LogP contribution is -2.20. The highest BCUT2D eigenvalue weighted by Gasteiger charge is 2.23. The van der Waals surface area contributed by atoms with Crippen molar-refractivity contribution in [2.75, 3.05) is 0 Å². The molecule has 0 aromatic heterocycles. The van der Waals surface area contributed by atoms with Crippen LogP contribution in [0.25, 0.3) is 0 Å². The summed E-state index contributed by atoms with van der Waals surface area (Å²) < 4.78 is 0. The Balaban J connectivity index is 0. The highest BCUT2D eigenvalue weighted by atomic mass is 16.4. The number of carboxylic acids is 6. The van der Waals surface area contributed by atoms with Crippen LogP contribution in [0.1, 0.15) is 45.4 Å². The van der Waals surface area contributed by atoms with Gasteiger partial charge < -0.3 is 30.6 Å². The Morgan fingerprint density at radius 1 is 0.571 bits per heavy atom. The van der Waals surface area contributed by atoms with Crippen molar-refractivity contribution in [1.82, 2.24) is 0 Å². The molecule has 3 atom stereocenters. The topological polar surface area (TPSA) is 224 Å².